The highest BCUT2D eigenvalue weighted by molar-refractivity contribution is 6.31. The first-order valence-electron chi connectivity index (χ1n) is 6.46. The quantitative estimate of drug-likeness (QED) is 0.902. The second-order valence-electron chi connectivity index (χ2n) is 4.64. The van der Waals surface area contributed by atoms with E-state index in [4.69, 9.17) is 17.3 Å². The van der Waals surface area contributed by atoms with Crippen LogP contribution >= 0.6 is 11.6 Å². The first kappa shape index (κ1) is 13.9. The largest absolute Gasteiger partial charge is 0.366 e. The van der Waals surface area contributed by atoms with Crippen molar-refractivity contribution in [2.75, 3.05) is 18.0 Å². The van der Waals surface area contributed by atoms with Crippen LogP contribution in [0.5, 0.6) is 0 Å². The van der Waals surface area contributed by atoms with Gasteiger partial charge >= 0.3 is 0 Å². The molecule has 0 aliphatic heterocycles. The van der Waals surface area contributed by atoms with Crippen molar-refractivity contribution in [2.24, 2.45) is 5.73 Å². The molecule has 0 unspecified atom stereocenters. The van der Waals surface area contributed by atoms with Gasteiger partial charge in [0.05, 0.1) is 0 Å². The van der Waals surface area contributed by atoms with E-state index in [9.17, 15) is 0 Å². The topological polar surface area (TPSA) is 29.3 Å². The van der Waals surface area contributed by atoms with E-state index in [0.29, 0.717) is 6.54 Å². The molecule has 2 nitrogen and oxygen atoms in total. The molecule has 0 spiro atoms. The normalized spacial score (nSPS) is 10.5. The molecule has 100 valence electrons. The third-order valence-corrected chi connectivity index (χ3v) is 3.49. The Labute approximate surface area is 119 Å². The number of nitrogens with zero attached hydrogens (tertiary/aromatic N) is 1. The lowest BCUT2D eigenvalue weighted by molar-refractivity contribution is 0.790. The summed E-state index contributed by atoms with van der Waals surface area (Å²) in [4.78, 5) is 2.25. The van der Waals surface area contributed by atoms with Crippen LogP contribution < -0.4 is 10.6 Å². The Morgan fingerprint density at radius 2 is 1.74 bits per heavy atom. The average molecular weight is 275 g/mol. The predicted octanol–water partition coefficient (Wildman–Crippen LogP) is 3.61. The van der Waals surface area contributed by atoms with Crippen molar-refractivity contribution < 1.29 is 0 Å². The van der Waals surface area contributed by atoms with Gasteiger partial charge < -0.3 is 10.6 Å². The molecule has 2 rings (SSSR count). The van der Waals surface area contributed by atoms with Gasteiger partial charge in [0.2, 0.25) is 0 Å². The Morgan fingerprint density at radius 3 is 2.37 bits per heavy atom. The monoisotopic (exact) mass is 274 g/mol. The van der Waals surface area contributed by atoms with Gasteiger partial charge in [0.1, 0.15) is 0 Å². The van der Waals surface area contributed by atoms with E-state index in [1.807, 2.05) is 18.2 Å². The highest BCUT2D eigenvalue weighted by atomic mass is 35.5. The van der Waals surface area contributed by atoms with Gasteiger partial charge in [-0.05, 0) is 30.7 Å². The Morgan fingerprint density at radius 1 is 1.05 bits per heavy atom. The van der Waals surface area contributed by atoms with E-state index in [0.717, 1.165) is 23.7 Å². The number of hydrogen-bond acceptors (Lipinski definition) is 2. The van der Waals surface area contributed by atoms with E-state index >= 15 is 0 Å². The molecule has 0 radical (unpaired) electrons. The summed E-state index contributed by atoms with van der Waals surface area (Å²) in [6.07, 6.45) is 0. The first-order valence-corrected chi connectivity index (χ1v) is 6.83. The minimum absolute atomic E-state index is 0.623. The van der Waals surface area contributed by atoms with Crippen molar-refractivity contribution in [1.29, 1.82) is 0 Å². The molecule has 0 saturated heterocycles. The van der Waals surface area contributed by atoms with Crippen molar-refractivity contribution in [2.45, 2.75) is 13.5 Å². The van der Waals surface area contributed by atoms with E-state index in [1.165, 1.54) is 11.3 Å². The SMILES string of the molecule is Cc1ccc(N(CCN)Cc2ccccc2Cl)cc1. The van der Waals surface area contributed by atoms with E-state index in [2.05, 4.69) is 42.2 Å². The number of benzene rings is 2. The Balaban J connectivity index is 2.21. The molecule has 0 aliphatic carbocycles. The summed E-state index contributed by atoms with van der Waals surface area (Å²) in [5.41, 5.74) is 9.27. The Hall–Kier alpha value is -1.51. The van der Waals surface area contributed by atoms with Crippen LogP contribution in [0.15, 0.2) is 48.5 Å². The minimum Gasteiger partial charge on any atom is -0.366 e. The minimum atomic E-state index is 0.623. The summed E-state index contributed by atoms with van der Waals surface area (Å²) in [6, 6.07) is 16.4. The number of aryl methyl sites for hydroxylation is 1. The van der Waals surface area contributed by atoms with Gasteiger partial charge in [0.15, 0.2) is 0 Å². The van der Waals surface area contributed by atoms with E-state index in [1.54, 1.807) is 0 Å². The fraction of sp³-hybridized carbons (Fsp3) is 0.250. The zero-order valence-electron chi connectivity index (χ0n) is 11.1. The number of rotatable bonds is 5. The van der Waals surface area contributed by atoms with Crippen molar-refractivity contribution >= 4 is 17.3 Å². The number of nitrogens with two attached hydrogens (primary N) is 1. The van der Waals surface area contributed by atoms with Crippen molar-refractivity contribution in [1.82, 2.24) is 0 Å². The lowest BCUT2D eigenvalue weighted by atomic mass is 10.1. The maximum atomic E-state index is 6.22. The zero-order chi connectivity index (χ0) is 13.7. The Bertz CT molecular complexity index is 523. The molecule has 2 aromatic carbocycles. The molecule has 2 aromatic rings. The fourth-order valence-electron chi connectivity index (χ4n) is 2.04. The van der Waals surface area contributed by atoms with Crippen LogP contribution in [0.4, 0.5) is 5.69 Å². The van der Waals surface area contributed by atoms with Gasteiger partial charge in [0.25, 0.3) is 0 Å². The highest BCUT2D eigenvalue weighted by Crippen LogP contribution is 2.21. The standard InChI is InChI=1S/C16H19ClN2/c1-13-6-8-15(9-7-13)19(11-10-18)12-14-4-2-3-5-16(14)17/h2-9H,10-12,18H2,1H3. The van der Waals surface area contributed by atoms with Crippen LogP contribution in [0, 0.1) is 6.92 Å². The number of hydrogen-bond donors (Lipinski definition) is 1. The first-order chi connectivity index (χ1) is 9.20. The predicted molar refractivity (Wildman–Crippen MR) is 82.7 cm³/mol. The molecule has 2 N–H and O–H groups in total. The molecule has 0 heterocycles. The van der Waals surface area contributed by atoms with Gasteiger partial charge in [-0.25, -0.2) is 0 Å². The third kappa shape index (κ3) is 3.72. The zero-order valence-corrected chi connectivity index (χ0v) is 11.9. The van der Waals surface area contributed by atoms with Crippen molar-refractivity contribution in [3.05, 3.63) is 64.7 Å². The highest BCUT2D eigenvalue weighted by Gasteiger charge is 2.08. The van der Waals surface area contributed by atoms with Crippen LogP contribution in [0.1, 0.15) is 11.1 Å². The summed E-state index contributed by atoms with van der Waals surface area (Å²) in [6.45, 7) is 4.30. The van der Waals surface area contributed by atoms with Crippen molar-refractivity contribution in [3.8, 4) is 0 Å². The molecule has 19 heavy (non-hydrogen) atoms. The second-order valence-corrected chi connectivity index (χ2v) is 5.04. The lowest BCUT2D eigenvalue weighted by Gasteiger charge is -2.25. The van der Waals surface area contributed by atoms with Crippen LogP contribution in [-0.4, -0.2) is 13.1 Å². The summed E-state index contributed by atoms with van der Waals surface area (Å²) in [5, 5.41) is 0.802. The van der Waals surface area contributed by atoms with E-state index in [-0.39, 0.29) is 0 Å². The van der Waals surface area contributed by atoms with Gasteiger partial charge in [0, 0.05) is 30.3 Å². The van der Waals surface area contributed by atoms with Gasteiger partial charge in [-0.2, -0.15) is 0 Å². The van der Waals surface area contributed by atoms with Crippen LogP contribution in [-0.2, 0) is 6.54 Å². The van der Waals surface area contributed by atoms with Crippen LogP contribution in [0.3, 0.4) is 0 Å². The third-order valence-electron chi connectivity index (χ3n) is 3.12. The van der Waals surface area contributed by atoms with Gasteiger partial charge in [-0.1, -0.05) is 47.5 Å². The molecule has 0 atom stereocenters. The molecule has 0 aromatic heterocycles. The number of anilines is 1. The molecule has 3 heteroatoms. The van der Waals surface area contributed by atoms with Crippen LogP contribution in [0.25, 0.3) is 0 Å². The molecule has 0 aliphatic rings. The number of halogens is 1. The molecule has 0 amide bonds. The second kappa shape index (κ2) is 6.60. The molecule has 0 bridgehead atoms. The summed E-state index contributed by atoms with van der Waals surface area (Å²) in [7, 11) is 0. The summed E-state index contributed by atoms with van der Waals surface area (Å²) >= 11 is 6.22. The maximum absolute atomic E-state index is 6.22. The molecular weight excluding hydrogens is 256 g/mol. The summed E-state index contributed by atoms with van der Waals surface area (Å²) in [5.74, 6) is 0. The van der Waals surface area contributed by atoms with Gasteiger partial charge in [-0.15, -0.1) is 0 Å². The molecule has 0 fully saturated rings. The molecule has 0 saturated carbocycles. The van der Waals surface area contributed by atoms with E-state index < -0.39 is 0 Å². The average Bonchev–Trinajstić information content (AvgIpc) is 2.42. The molecular formula is C16H19ClN2. The maximum Gasteiger partial charge on any atom is 0.0455 e. The van der Waals surface area contributed by atoms with Crippen LogP contribution in [0.2, 0.25) is 5.02 Å². The summed E-state index contributed by atoms with van der Waals surface area (Å²) < 4.78 is 0. The lowest BCUT2D eigenvalue weighted by Crippen LogP contribution is -2.29. The van der Waals surface area contributed by atoms with Gasteiger partial charge in [-0.3, -0.25) is 0 Å². The van der Waals surface area contributed by atoms with Crippen molar-refractivity contribution in [3.63, 3.8) is 0 Å². The smallest absolute Gasteiger partial charge is 0.0455 e. The Kier molecular flexibility index (Phi) is 4.83. The fourth-order valence-corrected chi connectivity index (χ4v) is 2.24.